The van der Waals surface area contributed by atoms with Crippen LogP contribution in [0.15, 0.2) is 59.7 Å². The largest absolute Gasteiger partial charge is 0.497 e. The van der Waals surface area contributed by atoms with Crippen LogP contribution in [-0.4, -0.2) is 28.9 Å². The highest BCUT2D eigenvalue weighted by molar-refractivity contribution is 6.30. The van der Waals surface area contributed by atoms with Crippen LogP contribution in [0, 0.1) is 0 Å². The Morgan fingerprint density at radius 1 is 1.19 bits per heavy atom. The molecule has 3 aromatic rings. The Bertz CT molecular complexity index is 948. The summed E-state index contributed by atoms with van der Waals surface area (Å²) in [6.45, 7) is 1.81. The van der Waals surface area contributed by atoms with Gasteiger partial charge in [-0.2, -0.15) is 10.2 Å². The summed E-state index contributed by atoms with van der Waals surface area (Å²) in [4.78, 5) is 12.3. The summed E-state index contributed by atoms with van der Waals surface area (Å²) in [5, 5.41) is 11.6. The molecule has 1 amide bonds. The Kier molecular flexibility index (Phi) is 5.34. The SMILES string of the molecule is COc1cccc(/C(C)=N\NC(=O)c2cc(-c3ccc(Cl)cc3)n[nH]2)c1. The number of carbonyl (C=O) groups is 1. The molecule has 0 fully saturated rings. The number of nitrogens with one attached hydrogen (secondary N) is 2. The second kappa shape index (κ2) is 7.84. The van der Waals surface area contributed by atoms with Crippen LogP contribution in [-0.2, 0) is 0 Å². The fraction of sp³-hybridized carbons (Fsp3) is 0.105. The minimum absolute atomic E-state index is 0.317. The minimum Gasteiger partial charge on any atom is -0.497 e. The second-order valence-corrected chi connectivity index (χ2v) is 5.98. The van der Waals surface area contributed by atoms with Crippen LogP contribution in [0.2, 0.25) is 5.02 Å². The molecule has 0 aliphatic rings. The van der Waals surface area contributed by atoms with Gasteiger partial charge in [-0.15, -0.1) is 0 Å². The average molecular weight is 369 g/mol. The number of aromatic amines is 1. The van der Waals surface area contributed by atoms with E-state index >= 15 is 0 Å². The summed E-state index contributed by atoms with van der Waals surface area (Å²) in [5.41, 5.74) is 5.88. The van der Waals surface area contributed by atoms with Crippen LogP contribution in [0.4, 0.5) is 0 Å². The van der Waals surface area contributed by atoms with E-state index < -0.39 is 0 Å². The fourth-order valence-corrected chi connectivity index (χ4v) is 2.44. The smallest absolute Gasteiger partial charge is 0.289 e. The van der Waals surface area contributed by atoms with Gasteiger partial charge in [-0.3, -0.25) is 9.89 Å². The third-order valence-corrected chi connectivity index (χ3v) is 4.03. The predicted octanol–water partition coefficient (Wildman–Crippen LogP) is 3.89. The number of benzene rings is 2. The van der Waals surface area contributed by atoms with E-state index in [9.17, 15) is 4.79 Å². The number of ether oxygens (including phenoxy) is 1. The molecule has 0 saturated carbocycles. The summed E-state index contributed by atoms with van der Waals surface area (Å²) in [5.74, 6) is 0.351. The van der Waals surface area contributed by atoms with Gasteiger partial charge in [-0.25, -0.2) is 5.43 Å². The van der Waals surface area contributed by atoms with E-state index in [1.165, 1.54) is 0 Å². The zero-order valence-corrected chi connectivity index (χ0v) is 15.0. The first kappa shape index (κ1) is 17.7. The number of hydrazone groups is 1. The molecule has 0 aliphatic heterocycles. The van der Waals surface area contributed by atoms with Crippen molar-refractivity contribution in [3.8, 4) is 17.0 Å². The maximum atomic E-state index is 12.3. The van der Waals surface area contributed by atoms with Gasteiger partial charge in [0.1, 0.15) is 11.4 Å². The highest BCUT2D eigenvalue weighted by Crippen LogP contribution is 2.20. The number of methoxy groups -OCH3 is 1. The lowest BCUT2D eigenvalue weighted by molar-refractivity contribution is 0.0950. The number of carbonyl (C=O) groups excluding carboxylic acids is 1. The highest BCUT2D eigenvalue weighted by atomic mass is 35.5. The van der Waals surface area contributed by atoms with Gasteiger partial charge in [0.05, 0.1) is 18.5 Å². The van der Waals surface area contributed by atoms with Crippen molar-refractivity contribution in [1.82, 2.24) is 15.6 Å². The monoisotopic (exact) mass is 368 g/mol. The first-order chi connectivity index (χ1) is 12.6. The third kappa shape index (κ3) is 4.10. The Morgan fingerprint density at radius 3 is 2.69 bits per heavy atom. The number of rotatable bonds is 5. The molecular formula is C19H17ClN4O2. The molecule has 26 heavy (non-hydrogen) atoms. The van der Waals surface area contributed by atoms with Crippen LogP contribution >= 0.6 is 11.6 Å². The van der Waals surface area contributed by atoms with Gasteiger partial charge in [-0.1, -0.05) is 35.9 Å². The lowest BCUT2D eigenvalue weighted by atomic mass is 10.1. The molecule has 0 bridgehead atoms. The van der Waals surface area contributed by atoms with Crippen LogP contribution in [0.1, 0.15) is 23.0 Å². The molecule has 0 unspecified atom stereocenters. The summed E-state index contributed by atoms with van der Waals surface area (Å²) in [6, 6.07) is 16.3. The second-order valence-electron chi connectivity index (χ2n) is 5.54. The number of H-pyrrole nitrogens is 1. The van der Waals surface area contributed by atoms with Gasteiger partial charge >= 0.3 is 0 Å². The van der Waals surface area contributed by atoms with Crippen molar-refractivity contribution in [1.29, 1.82) is 0 Å². The quantitative estimate of drug-likeness (QED) is 0.529. The van der Waals surface area contributed by atoms with Crippen molar-refractivity contribution in [2.75, 3.05) is 7.11 Å². The number of hydrogen-bond acceptors (Lipinski definition) is 4. The van der Waals surface area contributed by atoms with Crippen molar-refractivity contribution in [2.24, 2.45) is 5.10 Å². The van der Waals surface area contributed by atoms with Gasteiger partial charge in [0.2, 0.25) is 0 Å². The van der Waals surface area contributed by atoms with Gasteiger partial charge in [0.15, 0.2) is 0 Å². The number of aromatic nitrogens is 2. The number of halogens is 1. The maximum absolute atomic E-state index is 12.3. The van der Waals surface area contributed by atoms with Crippen molar-refractivity contribution in [3.05, 3.63) is 70.9 Å². The van der Waals surface area contributed by atoms with E-state index in [-0.39, 0.29) is 5.91 Å². The molecule has 0 saturated heterocycles. The first-order valence-electron chi connectivity index (χ1n) is 7.87. The third-order valence-electron chi connectivity index (χ3n) is 3.78. The molecule has 3 rings (SSSR count). The summed E-state index contributed by atoms with van der Waals surface area (Å²) >= 11 is 5.88. The van der Waals surface area contributed by atoms with Gasteiger partial charge < -0.3 is 4.74 Å². The molecule has 2 aromatic carbocycles. The Hall–Kier alpha value is -3.12. The van der Waals surface area contributed by atoms with Gasteiger partial charge in [-0.05, 0) is 37.3 Å². The molecular weight excluding hydrogens is 352 g/mol. The van der Waals surface area contributed by atoms with Crippen LogP contribution in [0.25, 0.3) is 11.3 Å². The normalized spacial score (nSPS) is 11.3. The Morgan fingerprint density at radius 2 is 1.96 bits per heavy atom. The van der Waals surface area contributed by atoms with Crippen LogP contribution < -0.4 is 10.2 Å². The van der Waals surface area contributed by atoms with Gasteiger partial charge in [0, 0.05) is 16.1 Å². The molecule has 7 heteroatoms. The number of nitrogens with zero attached hydrogens (tertiary/aromatic N) is 2. The molecule has 0 spiro atoms. The lowest BCUT2D eigenvalue weighted by Gasteiger charge is -2.04. The average Bonchev–Trinajstić information content (AvgIpc) is 3.16. The molecule has 2 N–H and O–H groups in total. The van der Waals surface area contributed by atoms with E-state index in [0.717, 1.165) is 16.9 Å². The standard InChI is InChI=1S/C19H17ClN4O2/c1-12(14-4-3-5-16(10-14)26-2)21-24-19(25)18-11-17(22-23-18)13-6-8-15(20)9-7-13/h3-11H,1-2H3,(H,22,23)(H,24,25)/b21-12-. The van der Waals surface area contributed by atoms with E-state index in [0.29, 0.717) is 22.1 Å². The van der Waals surface area contributed by atoms with Crippen molar-refractivity contribution >= 4 is 23.2 Å². The van der Waals surface area contributed by atoms with E-state index in [4.69, 9.17) is 16.3 Å². The van der Waals surface area contributed by atoms with E-state index in [2.05, 4.69) is 20.7 Å². The molecule has 6 nitrogen and oxygen atoms in total. The number of hydrogen-bond donors (Lipinski definition) is 2. The topological polar surface area (TPSA) is 79.4 Å². The van der Waals surface area contributed by atoms with Crippen molar-refractivity contribution in [3.63, 3.8) is 0 Å². The molecule has 0 radical (unpaired) electrons. The number of amides is 1. The van der Waals surface area contributed by atoms with Crippen LogP contribution in [0.3, 0.4) is 0 Å². The fourth-order valence-electron chi connectivity index (χ4n) is 2.31. The molecule has 0 aliphatic carbocycles. The Labute approximate surface area is 155 Å². The zero-order valence-electron chi connectivity index (χ0n) is 14.3. The van der Waals surface area contributed by atoms with Gasteiger partial charge in [0.25, 0.3) is 5.91 Å². The Balaban J connectivity index is 1.71. The van der Waals surface area contributed by atoms with Crippen LogP contribution in [0.5, 0.6) is 5.75 Å². The van der Waals surface area contributed by atoms with Crippen molar-refractivity contribution < 1.29 is 9.53 Å². The molecule has 1 heterocycles. The zero-order chi connectivity index (χ0) is 18.5. The summed E-state index contributed by atoms with van der Waals surface area (Å²) in [6.07, 6.45) is 0. The highest BCUT2D eigenvalue weighted by Gasteiger charge is 2.11. The molecule has 0 atom stereocenters. The minimum atomic E-state index is -0.375. The first-order valence-corrected chi connectivity index (χ1v) is 8.25. The van der Waals surface area contributed by atoms with E-state index in [1.54, 1.807) is 32.2 Å². The summed E-state index contributed by atoms with van der Waals surface area (Å²) < 4.78 is 5.19. The predicted molar refractivity (Wildman–Crippen MR) is 102 cm³/mol. The molecule has 1 aromatic heterocycles. The van der Waals surface area contributed by atoms with Crippen molar-refractivity contribution in [2.45, 2.75) is 6.92 Å². The summed E-state index contributed by atoms with van der Waals surface area (Å²) in [7, 11) is 1.60. The lowest BCUT2D eigenvalue weighted by Crippen LogP contribution is -2.19. The molecule has 132 valence electrons. The maximum Gasteiger partial charge on any atom is 0.289 e. The van der Waals surface area contributed by atoms with E-state index in [1.807, 2.05) is 36.4 Å².